The van der Waals surface area contributed by atoms with Gasteiger partial charge in [0.1, 0.15) is 6.61 Å². The van der Waals surface area contributed by atoms with Crippen LogP contribution >= 0.6 is 0 Å². The van der Waals surface area contributed by atoms with E-state index in [0.29, 0.717) is 6.42 Å². The molecule has 24 heavy (non-hydrogen) atoms. The molecule has 1 aromatic rings. The van der Waals surface area contributed by atoms with Gasteiger partial charge in [0.25, 0.3) is 0 Å². The molecule has 1 rings (SSSR count). The summed E-state index contributed by atoms with van der Waals surface area (Å²) in [5.74, 6) is -1.91. The summed E-state index contributed by atoms with van der Waals surface area (Å²) in [4.78, 5) is 34.5. The molecule has 0 radical (unpaired) electrons. The summed E-state index contributed by atoms with van der Waals surface area (Å²) in [6.45, 7) is 3.17. The molecule has 0 bridgehead atoms. The Morgan fingerprint density at radius 2 is 1.79 bits per heavy atom. The van der Waals surface area contributed by atoms with Gasteiger partial charge >= 0.3 is 17.9 Å². The molecule has 7 nitrogen and oxygen atoms in total. The fourth-order valence-electron chi connectivity index (χ4n) is 1.83. The van der Waals surface area contributed by atoms with Crippen molar-refractivity contribution in [3.05, 3.63) is 48.0 Å². The minimum absolute atomic E-state index is 0.0662. The number of esters is 3. The normalized spacial score (nSPS) is 11.2. The smallest absolute Gasteiger partial charge is 0.339 e. The van der Waals surface area contributed by atoms with Crippen molar-refractivity contribution in [2.24, 2.45) is 0 Å². The molecule has 0 fully saturated rings. The number of carbonyl (C=O) groups excluding carboxylic acids is 3. The van der Waals surface area contributed by atoms with Gasteiger partial charge in [-0.05, 0) is 25.0 Å². The molecule has 1 unspecified atom stereocenters. The summed E-state index contributed by atoms with van der Waals surface area (Å²) in [6, 6.07) is 6.08. The quantitative estimate of drug-likeness (QED) is 0.316. The van der Waals surface area contributed by atoms with Crippen LogP contribution in [0, 0.1) is 0 Å². The molecule has 1 atom stereocenters. The van der Waals surface area contributed by atoms with Crippen molar-refractivity contribution in [1.29, 1.82) is 0 Å². The molecule has 0 aromatic heterocycles. The number of hydrogen-bond donors (Lipinski definition) is 1. The van der Waals surface area contributed by atoms with E-state index < -0.39 is 24.0 Å². The number of aliphatic hydroxyl groups excluding tert-OH is 1. The highest BCUT2D eigenvalue weighted by Crippen LogP contribution is 2.12. The Labute approximate surface area is 139 Å². The Morgan fingerprint density at radius 3 is 2.38 bits per heavy atom. The molecule has 0 aliphatic carbocycles. The maximum absolute atomic E-state index is 12.0. The van der Waals surface area contributed by atoms with Crippen molar-refractivity contribution in [1.82, 2.24) is 0 Å². The van der Waals surface area contributed by atoms with Crippen molar-refractivity contribution >= 4 is 17.9 Å². The molecule has 0 heterocycles. The fraction of sp³-hybridized carbons (Fsp3) is 0.353. The minimum Gasteiger partial charge on any atom is -0.465 e. The molecule has 0 saturated heterocycles. The van der Waals surface area contributed by atoms with Gasteiger partial charge in [-0.3, -0.25) is 0 Å². The summed E-state index contributed by atoms with van der Waals surface area (Å²) in [5, 5.41) is 9.76. The zero-order chi connectivity index (χ0) is 17.9. The van der Waals surface area contributed by atoms with Gasteiger partial charge in [0.2, 0.25) is 0 Å². The van der Waals surface area contributed by atoms with Crippen molar-refractivity contribution in [2.45, 2.75) is 18.9 Å². The maximum atomic E-state index is 12.0. The Hall–Kier alpha value is -2.67. The zero-order valence-electron chi connectivity index (χ0n) is 13.4. The zero-order valence-corrected chi connectivity index (χ0v) is 13.4. The molecular formula is C17H20O7. The first-order chi connectivity index (χ1) is 11.5. The molecule has 1 aromatic carbocycles. The molecule has 0 amide bonds. The third kappa shape index (κ3) is 6.21. The van der Waals surface area contributed by atoms with Crippen molar-refractivity contribution in [3.63, 3.8) is 0 Å². The molecule has 130 valence electrons. The number of ether oxygens (including phenoxy) is 3. The lowest BCUT2D eigenvalue weighted by atomic mass is 10.1. The van der Waals surface area contributed by atoms with Gasteiger partial charge in [0.05, 0.1) is 30.9 Å². The molecule has 0 aliphatic heterocycles. The van der Waals surface area contributed by atoms with E-state index in [9.17, 15) is 19.5 Å². The minimum atomic E-state index is -0.901. The van der Waals surface area contributed by atoms with Crippen LogP contribution < -0.4 is 0 Å². The number of hydrogen-bond acceptors (Lipinski definition) is 7. The van der Waals surface area contributed by atoms with Gasteiger partial charge in [-0.15, -0.1) is 0 Å². The van der Waals surface area contributed by atoms with Gasteiger partial charge < -0.3 is 19.3 Å². The first-order valence-corrected chi connectivity index (χ1v) is 7.31. The summed E-state index contributed by atoms with van der Waals surface area (Å²) in [6.07, 6.45) is 0.853. The van der Waals surface area contributed by atoms with Gasteiger partial charge in [0, 0.05) is 6.08 Å². The van der Waals surface area contributed by atoms with Gasteiger partial charge in [0.15, 0.2) is 0 Å². The van der Waals surface area contributed by atoms with Crippen LogP contribution in [-0.2, 0) is 19.0 Å². The highest BCUT2D eigenvalue weighted by molar-refractivity contribution is 6.03. The Balaban J connectivity index is 2.44. The van der Waals surface area contributed by atoms with Crippen LogP contribution in [0.3, 0.4) is 0 Å². The number of benzene rings is 1. The fourth-order valence-corrected chi connectivity index (χ4v) is 1.83. The number of rotatable bonds is 9. The van der Waals surface area contributed by atoms with Crippen molar-refractivity contribution in [3.8, 4) is 0 Å². The van der Waals surface area contributed by atoms with Crippen LogP contribution in [0.5, 0.6) is 0 Å². The average molecular weight is 336 g/mol. The molecule has 0 aliphatic rings. The first kappa shape index (κ1) is 19.4. The molecule has 0 spiro atoms. The Bertz CT molecular complexity index is 594. The largest absolute Gasteiger partial charge is 0.465 e. The van der Waals surface area contributed by atoms with Crippen molar-refractivity contribution in [2.75, 3.05) is 20.3 Å². The molecule has 0 saturated carbocycles. The van der Waals surface area contributed by atoms with Gasteiger partial charge in [-0.2, -0.15) is 0 Å². The van der Waals surface area contributed by atoms with Crippen LogP contribution in [-0.4, -0.2) is 49.4 Å². The van der Waals surface area contributed by atoms with Crippen LogP contribution in [0.2, 0.25) is 0 Å². The van der Waals surface area contributed by atoms with Crippen LogP contribution in [0.4, 0.5) is 0 Å². The van der Waals surface area contributed by atoms with Gasteiger partial charge in [-0.1, -0.05) is 18.7 Å². The van der Waals surface area contributed by atoms with E-state index in [1.807, 2.05) is 0 Å². The lowest BCUT2D eigenvalue weighted by Crippen LogP contribution is -2.21. The standard InChI is InChI=1S/C17H20O7/c1-3-15(19)23-10-6-7-12(18)11-24-17(21)14-9-5-4-8-13(14)16(20)22-2/h3-5,8-9,12,18H,1,6-7,10-11H2,2H3. The predicted molar refractivity (Wildman–Crippen MR) is 84.5 cm³/mol. The molecule has 1 N–H and O–H groups in total. The van der Waals surface area contributed by atoms with E-state index in [2.05, 4.69) is 11.3 Å². The van der Waals surface area contributed by atoms with Crippen molar-refractivity contribution < 1.29 is 33.7 Å². The summed E-state index contributed by atoms with van der Waals surface area (Å²) in [7, 11) is 1.22. The third-order valence-electron chi connectivity index (χ3n) is 3.05. The highest BCUT2D eigenvalue weighted by atomic mass is 16.5. The van der Waals surface area contributed by atoms with E-state index >= 15 is 0 Å². The van der Waals surface area contributed by atoms with Crippen LogP contribution in [0.1, 0.15) is 33.6 Å². The lowest BCUT2D eigenvalue weighted by Gasteiger charge is -2.12. The monoisotopic (exact) mass is 336 g/mol. The second-order valence-electron chi connectivity index (χ2n) is 4.80. The number of methoxy groups -OCH3 is 1. The topological polar surface area (TPSA) is 99.1 Å². The summed E-state index contributed by atoms with van der Waals surface area (Å²) >= 11 is 0. The van der Waals surface area contributed by atoms with E-state index in [-0.39, 0.29) is 30.8 Å². The van der Waals surface area contributed by atoms with Crippen LogP contribution in [0.15, 0.2) is 36.9 Å². The Kier molecular flexibility index (Phi) is 8.21. The molecular weight excluding hydrogens is 316 g/mol. The SMILES string of the molecule is C=CC(=O)OCCCC(O)COC(=O)c1ccccc1C(=O)OC. The first-order valence-electron chi connectivity index (χ1n) is 7.31. The second kappa shape index (κ2) is 10.2. The maximum Gasteiger partial charge on any atom is 0.339 e. The number of carbonyl (C=O) groups is 3. The van der Waals surface area contributed by atoms with Crippen LogP contribution in [0.25, 0.3) is 0 Å². The highest BCUT2D eigenvalue weighted by Gasteiger charge is 2.19. The van der Waals surface area contributed by atoms with E-state index in [1.54, 1.807) is 12.1 Å². The molecule has 7 heteroatoms. The number of aliphatic hydroxyl groups is 1. The Morgan fingerprint density at radius 1 is 1.17 bits per heavy atom. The van der Waals surface area contributed by atoms with Gasteiger partial charge in [-0.25, -0.2) is 14.4 Å². The second-order valence-corrected chi connectivity index (χ2v) is 4.80. The van der Waals surface area contributed by atoms with E-state index in [1.165, 1.54) is 19.2 Å². The van der Waals surface area contributed by atoms with E-state index in [0.717, 1.165) is 6.08 Å². The average Bonchev–Trinajstić information content (AvgIpc) is 2.62. The summed E-state index contributed by atoms with van der Waals surface area (Å²) < 4.78 is 14.4. The third-order valence-corrected chi connectivity index (χ3v) is 3.05. The summed E-state index contributed by atoms with van der Waals surface area (Å²) in [5.41, 5.74) is 0.160. The lowest BCUT2D eigenvalue weighted by molar-refractivity contribution is -0.138. The van der Waals surface area contributed by atoms with E-state index in [4.69, 9.17) is 9.47 Å². The predicted octanol–water partition coefficient (Wildman–Crippen LogP) is 1.50.